The van der Waals surface area contributed by atoms with Crippen molar-refractivity contribution in [1.29, 1.82) is 0 Å². The molecule has 0 aromatic heterocycles. The molecule has 0 saturated carbocycles. The first kappa shape index (κ1) is 16.4. The van der Waals surface area contributed by atoms with Gasteiger partial charge >= 0.3 is 0 Å². The first-order valence-corrected chi connectivity index (χ1v) is 7.48. The smallest absolute Gasteiger partial charge is 0.224 e. The summed E-state index contributed by atoms with van der Waals surface area (Å²) in [6.07, 6.45) is 4.90. The van der Waals surface area contributed by atoms with Crippen molar-refractivity contribution in [2.75, 3.05) is 5.32 Å². The predicted octanol–water partition coefficient (Wildman–Crippen LogP) is 4.43. The predicted molar refractivity (Wildman–Crippen MR) is 83.0 cm³/mol. The van der Waals surface area contributed by atoms with Crippen LogP contribution in [-0.4, -0.2) is 11.7 Å². The minimum atomic E-state index is -0.0324. The summed E-state index contributed by atoms with van der Waals surface area (Å²) in [7, 11) is 0. The van der Waals surface area contributed by atoms with Crippen molar-refractivity contribution in [2.45, 2.75) is 52.9 Å². The highest BCUT2D eigenvalue weighted by Gasteiger charge is 2.11. The number of hydrogen-bond donors (Lipinski definition) is 1. The molecule has 0 unspecified atom stereocenters. The molecule has 1 aromatic carbocycles. The average molecular weight is 275 g/mol. The van der Waals surface area contributed by atoms with Gasteiger partial charge in [-0.3, -0.25) is 9.59 Å². The van der Waals surface area contributed by atoms with E-state index < -0.39 is 0 Å². The Balaban J connectivity index is 2.53. The van der Waals surface area contributed by atoms with Crippen molar-refractivity contribution < 1.29 is 9.59 Å². The molecular formula is C17H25NO2. The number of Topliss-reactive ketones (excluding diaryl/α,β-unsaturated/α-hetero) is 1. The quantitative estimate of drug-likeness (QED) is 0.563. The van der Waals surface area contributed by atoms with Gasteiger partial charge in [0.2, 0.25) is 5.91 Å². The lowest BCUT2D eigenvalue weighted by Gasteiger charge is -2.08. The van der Waals surface area contributed by atoms with Crippen molar-refractivity contribution in [3.8, 4) is 0 Å². The molecule has 1 aromatic rings. The van der Waals surface area contributed by atoms with E-state index in [0.29, 0.717) is 17.7 Å². The van der Waals surface area contributed by atoms with Gasteiger partial charge in [0.05, 0.1) is 0 Å². The fourth-order valence-electron chi connectivity index (χ4n) is 2.02. The van der Waals surface area contributed by atoms with Gasteiger partial charge in [-0.05, 0) is 18.6 Å². The molecular weight excluding hydrogens is 250 g/mol. The van der Waals surface area contributed by atoms with E-state index >= 15 is 0 Å². The van der Waals surface area contributed by atoms with Gasteiger partial charge in [0, 0.05) is 23.6 Å². The Morgan fingerprint density at radius 3 is 2.55 bits per heavy atom. The molecule has 0 atom stereocenters. The van der Waals surface area contributed by atoms with E-state index in [-0.39, 0.29) is 17.6 Å². The zero-order valence-corrected chi connectivity index (χ0v) is 12.7. The number of amides is 1. The summed E-state index contributed by atoms with van der Waals surface area (Å²) in [5.74, 6) is 0.0919. The van der Waals surface area contributed by atoms with Gasteiger partial charge < -0.3 is 5.32 Å². The number of nitrogens with one attached hydrogen (secondary N) is 1. The summed E-state index contributed by atoms with van der Waals surface area (Å²) in [5, 5.41) is 2.86. The van der Waals surface area contributed by atoms with Crippen molar-refractivity contribution in [3.63, 3.8) is 0 Å². The normalized spacial score (nSPS) is 10.6. The summed E-state index contributed by atoms with van der Waals surface area (Å²) in [6, 6.07) is 7.18. The number of ketones is 1. The van der Waals surface area contributed by atoms with Crippen molar-refractivity contribution >= 4 is 17.4 Å². The maximum atomic E-state index is 11.9. The average Bonchev–Trinajstić information content (AvgIpc) is 2.43. The molecule has 0 aliphatic heterocycles. The van der Waals surface area contributed by atoms with E-state index in [2.05, 4.69) is 12.2 Å². The third-order valence-electron chi connectivity index (χ3n) is 3.21. The van der Waals surface area contributed by atoms with E-state index in [4.69, 9.17) is 0 Å². The Kier molecular flexibility index (Phi) is 6.99. The molecule has 0 aliphatic rings. The molecule has 3 nitrogen and oxygen atoms in total. The zero-order chi connectivity index (χ0) is 15.0. The second-order valence-corrected chi connectivity index (χ2v) is 5.46. The second-order valence-electron chi connectivity index (χ2n) is 5.46. The molecule has 0 spiro atoms. The number of carbonyl (C=O) groups is 2. The molecule has 1 N–H and O–H groups in total. The van der Waals surface area contributed by atoms with Crippen LogP contribution in [0.1, 0.15) is 63.2 Å². The van der Waals surface area contributed by atoms with Crippen LogP contribution >= 0.6 is 0 Å². The highest BCUT2D eigenvalue weighted by Crippen LogP contribution is 2.15. The monoisotopic (exact) mass is 275 g/mol. The summed E-state index contributed by atoms with van der Waals surface area (Å²) >= 11 is 0. The maximum Gasteiger partial charge on any atom is 0.224 e. The number of anilines is 1. The third kappa shape index (κ3) is 5.55. The lowest BCUT2D eigenvalue weighted by molar-refractivity contribution is -0.116. The molecule has 0 fully saturated rings. The van der Waals surface area contributed by atoms with Crippen molar-refractivity contribution in [3.05, 3.63) is 29.8 Å². The van der Waals surface area contributed by atoms with Gasteiger partial charge in [-0.15, -0.1) is 0 Å². The molecule has 20 heavy (non-hydrogen) atoms. The summed E-state index contributed by atoms with van der Waals surface area (Å²) < 4.78 is 0. The highest BCUT2D eigenvalue weighted by molar-refractivity contribution is 5.99. The fraction of sp³-hybridized carbons (Fsp3) is 0.529. The second kappa shape index (κ2) is 8.51. The Hall–Kier alpha value is -1.64. The lowest BCUT2D eigenvalue weighted by Crippen LogP contribution is -2.12. The van der Waals surface area contributed by atoms with Crippen LogP contribution in [0.25, 0.3) is 0 Å². The standard InChI is InChI=1S/C17H25NO2/c1-4-5-6-7-11-16(19)18-15-10-8-9-14(12-15)17(20)13(2)3/h8-10,12-13H,4-7,11H2,1-3H3,(H,18,19). The van der Waals surface area contributed by atoms with Gasteiger partial charge in [-0.1, -0.05) is 52.2 Å². The molecule has 0 bridgehead atoms. The first-order valence-electron chi connectivity index (χ1n) is 7.48. The van der Waals surface area contributed by atoms with Crippen molar-refractivity contribution in [2.24, 2.45) is 5.92 Å². The lowest BCUT2D eigenvalue weighted by atomic mass is 10.0. The summed E-state index contributed by atoms with van der Waals surface area (Å²) in [6.45, 7) is 5.90. The van der Waals surface area contributed by atoms with Crippen LogP contribution in [0.3, 0.4) is 0 Å². The van der Waals surface area contributed by atoms with Gasteiger partial charge in [-0.25, -0.2) is 0 Å². The van der Waals surface area contributed by atoms with E-state index in [0.717, 1.165) is 12.8 Å². The maximum absolute atomic E-state index is 11.9. The van der Waals surface area contributed by atoms with Gasteiger partial charge in [-0.2, -0.15) is 0 Å². The molecule has 0 heterocycles. The number of hydrogen-bond acceptors (Lipinski definition) is 2. The molecule has 0 radical (unpaired) electrons. The third-order valence-corrected chi connectivity index (χ3v) is 3.21. The number of unbranched alkanes of at least 4 members (excludes halogenated alkanes) is 3. The summed E-state index contributed by atoms with van der Waals surface area (Å²) in [4.78, 5) is 23.7. The zero-order valence-electron chi connectivity index (χ0n) is 12.7. The molecule has 1 amide bonds. The van der Waals surface area contributed by atoms with E-state index in [1.807, 2.05) is 26.0 Å². The number of carbonyl (C=O) groups excluding carboxylic acids is 2. The molecule has 1 rings (SSSR count). The van der Waals surface area contributed by atoms with E-state index in [9.17, 15) is 9.59 Å². The number of rotatable bonds is 8. The van der Waals surface area contributed by atoms with Crippen LogP contribution in [0, 0.1) is 5.92 Å². The van der Waals surface area contributed by atoms with Crippen LogP contribution < -0.4 is 5.32 Å². The highest BCUT2D eigenvalue weighted by atomic mass is 16.1. The van der Waals surface area contributed by atoms with Crippen LogP contribution in [0.5, 0.6) is 0 Å². The Bertz CT molecular complexity index is 452. The minimum absolute atomic E-state index is 0.0234. The minimum Gasteiger partial charge on any atom is -0.326 e. The molecule has 0 saturated heterocycles. The SMILES string of the molecule is CCCCCCC(=O)Nc1cccc(C(=O)C(C)C)c1. The van der Waals surface area contributed by atoms with Crippen molar-refractivity contribution in [1.82, 2.24) is 0 Å². The van der Waals surface area contributed by atoms with Crippen LogP contribution in [0.4, 0.5) is 5.69 Å². The van der Waals surface area contributed by atoms with Crippen LogP contribution in [0.2, 0.25) is 0 Å². The fourth-order valence-corrected chi connectivity index (χ4v) is 2.02. The number of benzene rings is 1. The molecule has 3 heteroatoms. The van der Waals surface area contributed by atoms with E-state index in [1.54, 1.807) is 12.1 Å². The summed E-state index contributed by atoms with van der Waals surface area (Å²) in [5.41, 5.74) is 1.36. The molecule has 110 valence electrons. The Morgan fingerprint density at radius 2 is 1.90 bits per heavy atom. The largest absolute Gasteiger partial charge is 0.326 e. The van der Waals surface area contributed by atoms with Gasteiger partial charge in [0.15, 0.2) is 5.78 Å². The topological polar surface area (TPSA) is 46.2 Å². The van der Waals surface area contributed by atoms with Gasteiger partial charge in [0.1, 0.15) is 0 Å². The first-order chi connectivity index (χ1) is 9.54. The van der Waals surface area contributed by atoms with Crippen LogP contribution in [0.15, 0.2) is 24.3 Å². The van der Waals surface area contributed by atoms with Crippen LogP contribution in [-0.2, 0) is 4.79 Å². The van der Waals surface area contributed by atoms with E-state index in [1.165, 1.54) is 12.8 Å². The Morgan fingerprint density at radius 1 is 1.15 bits per heavy atom. The van der Waals surface area contributed by atoms with Gasteiger partial charge in [0.25, 0.3) is 0 Å². The molecule has 0 aliphatic carbocycles. The Labute approximate surface area is 121 Å².